The molecule has 7 heteroatoms. The minimum Gasteiger partial charge on any atom is -0.495 e. The van der Waals surface area contributed by atoms with Gasteiger partial charge >= 0.3 is 6.03 Å². The van der Waals surface area contributed by atoms with Gasteiger partial charge in [-0.2, -0.15) is 0 Å². The monoisotopic (exact) mass is 395 g/mol. The van der Waals surface area contributed by atoms with E-state index in [1.54, 1.807) is 16.9 Å². The minimum atomic E-state index is -0.188. The fourth-order valence-electron chi connectivity index (χ4n) is 3.80. The lowest BCUT2D eigenvalue weighted by Crippen LogP contribution is -2.43. The Hall–Kier alpha value is -3.06. The molecule has 2 heterocycles. The van der Waals surface area contributed by atoms with Crippen LogP contribution in [0.4, 0.5) is 10.5 Å². The fraction of sp³-hybridized carbons (Fsp3) is 0.364. The first-order chi connectivity index (χ1) is 14.2. The Balaban J connectivity index is 1.29. The van der Waals surface area contributed by atoms with Gasteiger partial charge in [-0.25, -0.2) is 4.79 Å². The smallest absolute Gasteiger partial charge is 0.325 e. The highest BCUT2D eigenvalue weighted by Crippen LogP contribution is 2.30. The number of carbonyl (C=O) groups excluding carboxylic acids is 2. The highest BCUT2D eigenvalue weighted by Gasteiger charge is 2.32. The Kier molecular flexibility index (Phi) is 5.67. The lowest BCUT2D eigenvalue weighted by atomic mass is 9.99. The van der Waals surface area contributed by atoms with Crippen LogP contribution in [0.5, 0.6) is 5.75 Å². The van der Waals surface area contributed by atoms with Crippen LogP contribution in [-0.4, -0.2) is 56.2 Å². The van der Waals surface area contributed by atoms with Gasteiger partial charge in [-0.05, 0) is 23.3 Å². The molecule has 0 aromatic heterocycles. The van der Waals surface area contributed by atoms with Gasteiger partial charge in [-0.15, -0.1) is 0 Å². The normalized spacial score (nSPS) is 18.5. The SMILES string of the molecule is COc1ccccc1N1CCN(CC(=O)NC[C@H]2Cc3ccccc3CO2)C1=O. The number of hydrogen-bond acceptors (Lipinski definition) is 4. The Morgan fingerprint density at radius 2 is 1.90 bits per heavy atom. The van der Waals surface area contributed by atoms with E-state index in [9.17, 15) is 9.59 Å². The van der Waals surface area contributed by atoms with E-state index < -0.39 is 0 Å². The second kappa shape index (κ2) is 8.53. The standard InChI is InChI=1S/C22H25N3O4/c1-28-20-9-5-4-8-19(20)25-11-10-24(22(25)27)14-21(26)23-13-18-12-16-6-2-3-7-17(16)15-29-18/h2-9,18H,10-15H2,1H3,(H,23,26)/t18-/m1/s1. The lowest BCUT2D eigenvalue weighted by molar-refractivity contribution is -0.122. The van der Waals surface area contributed by atoms with Crippen LogP contribution in [0.3, 0.4) is 0 Å². The summed E-state index contributed by atoms with van der Waals surface area (Å²) < 4.78 is 11.2. The second-order valence-electron chi connectivity index (χ2n) is 7.24. The maximum atomic E-state index is 12.7. The number of amides is 3. The molecule has 152 valence electrons. The van der Waals surface area contributed by atoms with Gasteiger partial charge in [-0.3, -0.25) is 9.69 Å². The van der Waals surface area contributed by atoms with Crippen LogP contribution in [0.1, 0.15) is 11.1 Å². The predicted octanol–water partition coefficient (Wildman–Crippen LogP) is 2.19. The molecule has 1 saturated heterocycles. The van der Waals surface area contributed by atoms with Crippen molar-refractivity contribution in [1.29, 1.82) is 0 Å². The number of carbonyl (C=O) groups is 2. The van der Waals surface area contributed by atoms with Crippen LogP contribution in [0, 0.1) is 0 Å². The van der Waals surface area contributed by atoms with E-state index in [-0.39, 0.29) is 24.6 Å². The van der Waals surface area contributed by atoms with Crippen molar-refractivity contribution in [3.8, 4) is 5.75 Å². The highest BCUT2D eigenvalue weighted by atomic mass is 16.5. The Morgan fingerprint density at radius 1 is 1.14 bits per heavy atom. The summed E-state index contributed by atoms with van der Waals surface area (Å²) in [6.45, 7) is 2.06. The number of nitrogens with zero attached hydrogens (tertiary/aromatic N) is 2. The third kappa shape index (κ3) is 4.19. The summed E-state index contributed by atoms with van der Waals surface area (Å²) in [6.07, 6.45) is 0.730. The predicted molar refractivity (Wildman–Crippen MR) is 109 cm³/mol. The lowest BCUT2D eigenvalue weighted by Gasteiger charge is -2.26. The van der Waals surface area contributed by atoms with Crippen LogP contribution in [-0.2, 0) is 22.6 Å². The third-order valence-electron chi connectivity index (χ3n) is 5.37. The second-order valence-corrected chi connectivity index (χ2v) is 7.24. The number of benzene rings is 2. The molecule has 7 nitrogen and oxygen atoms in total. The zero-order valence-corrected chi connectivity index (χ0v) is 16.5. The number of rotatable bonds is 6. The van der Waals surface area contributed by atoms with Crippen molar-refractivity contribution >= 4 is 17.6 Å². The Labute approximate surface area is 170 Å². The van der Waals surface area contributed by atoms with Gasteiger partial charge in [0.05, 0.1) is 25.5 Å². The molecule has 0 saturated carbocycles. The molecule has 1 atom stereocenters. The fourth-order valence-corrected chi connectivity index (χ4v) is 3.80. The van der Waals surface area contributed by atoms with Crippen molar-refractivity contribution in [2.45, 2.75) is 19.1 Å². The first-order valence-corrected chi connectivity index (χ1v) is 9.80. The van der Waals surface area contributed by atoms with Crippen molar-refractivity contribution in [3.63, 3.8) is 0 Å². The summed E-state index contributed by atoms with van der Waals surface area (Å²) in [5, 5.41) is 2.91. The topological polar surface area (TPSA) is 71.1 Å². The van der Waals surface area contributed by atoms with Gasteiger partial charge in [0.2, 0.25) is 5.91 Å². The molecule has 2 aliphatic heterocycles. The maximum Gasteiger partial charge on any atom is 0.325 e. The number of nitrogens with one attached hydrogen (secondary N) is 1. The van der Waals surface area contributed by atoms with E-state index in [1.807, 2.05) is 36.4 Å². The van der Waals surface area contributed by atoms with E-state index in [0.29, 0.717) is 32.0 Å². The highest BCUT2D eigenvalue weighted by molar-refractivity contribution is 5.97. The Bertz CT molecular complexity index is 901. The molecular formula is C22H25N3O4. The first-order valence-electron chi connectivity index (χ1n) is 9.80. The van der Waals surface area contributed by atoms with Gasteiger partial charge in [0.15, 0.2) is 0 Å². The summed E-state index contributed by atoms with van der Waals surface area (Å²) in [5.41, 5.74) is 3.19. The molecular weight excluding hydrogens is 370 g/mol. The number of urea groups is 1. The molecule has 0 aliphatic carbocycles. The van der Waals surface area contributed by atoms with Crippen LogP contribution in [0.25, 0.3) is 0 Å². The molecule has 0 bridgehead atoms. The molecule has 2 aliphatic rings. The van der Waals surface area contributed by atoms with Crippen molar-refractivity contribution in [2.24, 2.45) is 0 Å². The van der Waals surface area contributed by atoms with Crippen molar-refractivity contribution in [2.75, 3.05) is 38.2 Å². The quantitative estimate of drug-likeness (QED) is 0.814. The zero-order chi connectivity index (χ0) is 20.2. The zero-order valence-electron chi connectivity index (χ0n) is 16.5. The molecule has 4 rings (SSSR count). The average Bonchev–Trinajstić information content (AvgIpc) is 3.12. The van der Waals surface area contributed by atoms with Crippen LogP contribution in [0.2, 0.25) is 0 Å². The van der Waals surface area contributed by atoms with E-state index in [2.05, 4.69) is 17.4 Å². The van der Waals surface area contributed by atoms with Gasteiger partial charge < -0.3 is 19.7 Å². The summed E-state index contributed by atoms with van der Waals surface area (Å²) >= 11 is 0. The molecule has 1 fully saturated rings. The number of methoxy groups -OCH3 is 1. The maximum absolute atomic E-state index is 12.7. The van der Waals surface area contributed by atoms with Crippen molar-refractivity contribution in [3.05, 3.63) is 59.7 Å². The van der Waals surface area contributed by atoms with Crippen LogP contribution in [0.15, 0.2) is 48.5 Å². The number of ether oxygens (including phenoxy) is 2. The molecule has 2 aromatic carbocycles. The number of anilines is 1. The first kappa shape index (κ1) is 19.3. The van der Waals surface area contributed by atoms with Gasteiger partial charge in [0, 0.05) is 26.1 Å². The molecule has 2 aromatic rings. The minimum absolute atomic E-state index is 0.0355. The summed E-state index contributed by atoms with van der Waals surface area (Å²) in [6, 6.07) is 15.4. The van der Waals surface area contributed by atoms with E-state index >= 15 is 0 Å². The van der Waals surface area contributed by atoms with Crippen molar-refractivity contribution < 1.29 is 19.1 Å². The molecule has 0 spiro atoms. The van der Waals surface area contributed by atoms with Crippen LogP contribution < -0.4 is 15.0 Å². The number of fused-ring (bicyclic) bond motifs is 1. The molecule has 0 radical (unpaired) electrons. The molecule has 0 unspecified atom stereocenters. The van der Waals surface area contributed by atoms with Gasteiger partial charge in [0.25, 0.3) is 0 Å². The largest absolute Gasteiger partial charge is 0.495 e. The third-order valence-corrected chi connectivity index (χ3v) is 5.37. The average molecular weight is 395 g/mol. The molecule has 1 N–H and O–H groups in total. The number of para-hydroxylation sites is 2. The van der Waals surface area contributed by atoms with E-state index in [1.165, 1.54) is 11.1 Å². The van der Waals surface area contributed by atoms with Gasteiger partial charge in [0.1, 0.15) is 12.3 Å². The number of hydrogen-bond donors (Lipinski definition) is 1. The van der Waals surface area contributed by atoms with E-state index in [0.717, 1.165) is 12.1 Å². The molecule has 3 amide bonds. The summed E-state index contributed by atoms with van der Waals surface area (Å²) in [7, 11) is 1.58. The van der Waals surface area contributed by atoms with Crippen LogP contribution >= 0.6 is 0 Å². The van der Waals surface area contributed by atoms with E-state index in [4.69, 9.17) is 9.47 Å². The summed E-state index contributed by atoms with van der Waals surface area (Å²) in [4.78, 5) is 28.3. The molecule has 29 heavy (non-hydrogen) atoms. The Morgan fingerprint density at radius 3 is 2.72 bits per heavy atom. The van der Waals surface area contributed by atoms with Crippen molar-refractivity contribution in [1.82, 2.24) is 10.2 Å². The summed E-state index contributed by atoms with van der Waals surface area (Å²) in [5.74, 6) is 0.463. The van der Waals surface area contributed by atoms with Gasteiger partial charge in [-0.1, -0.05) is 36.4 Å².